The van der Waals surface area contributed by atoms with Gasteiger partial charge in [-0.2, -0.15) is 0 Å². The van der Waals surface area contributed by atoms with Crippen LogP contribution in [0.3, 0.4) is 0 Å². The van der Waals surface area contributed by atoms with E-state index in [-0.39, 0.29) is 12.5 Å². The van der Waals surface area contributed by atoms with E-state index in [9.17, 15) is 4.79 Å². The molecule has 138 valence electrons. The van der Waals surface area contributed by atoms with Gasteiger partial charge in [0.25, 0.3) is 5.91 Å². The lowest BCUT2D eigenvalue weighted by Gasteiger charge is -2.35. The van der Waals surface area contributed by atoms with Gasteiger partial charge in [0.2, 0.25) is 0 Å². The summed E-state index contributed by atoms with van der Waals surface area (Å²) in [5.74, 6) is 0.868. The molecule has 1 amide bonds. The molecule has 1 aromatic rings. The number of hydrogen-bond donors (Lipinski definition) is 1. The van der Waals surface area contributed by atoms with E-state index in [4.69, 9.17) is 32.7 Å². The van der Waals surface area contributed by atoms with Crippen molar-refractivity contribution in [3.8, 4) is 5.75 Å². The molecule has 0 unspecified atom stereocenters. The molecule has 2 aliphatic rings. The number of nitrogens with one attached hydrogen (secondary N) is 1. The second kappa shape index (κ2) is 9.08. The van der Waals surface area contributed by atoms with Gasteiger partial charge in [-0.25, -0.2) is 0 Å². The van der Waals surface area contributed by atoms with Crippen LogP contribution in [0.25, 0.3) is 0 Å². The van der Waals surface area contributed by atoms with E-state index in [0.717, 1.165) is 45.6 Å². The van der Waals surface area contributed by atoms with Crippen LogP contribution in [-0.2, 0) is 9.53 Å². The highest BCUT2D eigenvalue weighted by Crippen LogP contribution is 2.27. The summed E-state index contributed by atoms with van der Waals surface area (Å²) in [6.07, 6.45) is 3.37. The van der Waals surface area contributed by atoms with Gasteiger partial charge in [0.05, 0.1) is 11.6 Å². The van der Waals surface area contributed by atoms with Crippen molar-refractivity contribution in [3.05, 3.63) is 28.2 Å². The third kappa shape index (κ3) is 5.48. The van der Waals surface area contributed by atoms with Crippen LogP contribution in [0, 0.1) is 5.92 Å². The van der Waals surface area contributed by atoms with Crippen LogP contribution in [0.5, 0.6) is 5.75 Å². The van der Waals surface area contributed by atoms with E-state index in [1.54, 1.807) is 18.2 Å². The third-order valence-electron chi connectivity index (χ3n) is 4.91. The molecule has 0 saturated carbocycles. The van der Waals surface area contributed by atoms with Gasteiger partial charge >= 0.3 is 0 Å². The number of ether oxygens (including phenoxy) is 2. The Kier molecular flexibility index (Phi) is 6.82. The largest absolute Gasteiger partial charge is 0.482 e. The molecule has 7 heteroatoms. The summed E-state index contributed by atoms with van der Waals surface area (Å²) in [5, 5.41) is 3.91. The zero-order valence-electron chi connectivity index (χ0n) is 14.2. The summed E-state index contributed by atoms with van der Waals surface area (Å²) in [6.45, 7) is 4.59. The summed E-state index contributed by atoms with van der Waals surface area (Å²) in [7, 11) is 0. The highest BCUT2D eigenvalue weighted by atomic mass is 35.5. The zero-order chi connectivity index (χ0) is 17.6. The molecular formula is C18H24Cl2N2O3. The normalized spacial score (nSPS) is 22.1. The number of carbonyl (C=O) groups excluding carboxylic acids is 1. The van der Waals surface area contributed by atoms with Gasteiger partial charge in [0.1, 0.15) is 5.75 Å². The van der Waals surface area contributed by atoms with Gasteiger partial charge in [-0.3, -0.25) is 9.69 Å². The third-order valence-corrected chi connectivity index (χ3v) is 5.44. The number of hydrogen-bond acceptors (Lipinski definition) is 4. The molecule has 3 rings (SSSR count). The fraction of sp³-hybridized carbons (Fsp3) is 0.611. The topological polar surface area (TPSA) is 50.8 Å². The first-order chi connectivity index (χ1) is 12.1. The van der Waals surface area contributed by atoms with Crippen LogP contribution in [0.15, 0.2) is 18.2 Å². The average molecular weight is 387 g/mol. The molecule has 0 bridgehead atoms. The van der Waals surface area contributed by atoms with Crippen LogP contribution >= 0.6 is 23.2 Å². The second-order valence-corrected chi connectivity index (χ2v) is 7.51. The number of piperidine rings is 1. The maximum atomic E-state index is 12.0. The molecule has 2 saturated heterocycles. The van der Waals surface area contributed by atoms with Crippen LogP contribution < -0.4 is 10.1 Å². The molecule has 2 aliphatic heterocycles. The summed E-state index contributed by atoms with van der Waals surface area (Å²) in [6, 6.07) is 5.54. The van der Waals surface area contributed by atoms with E-state index in [0.29, 0.717) is 34.3 Å². The maximum absolute atomic E-state index is 12.0. The molecule has 2 heterocycles. The number of likely N-dealkylation sites (tertiary alicyclic amines) is 1. The first-order valence-corrected chi connectivity index (χ1v) is 9.54. The lowest BCUT2D eigenvalue weighted by molar-refractivity contribution is -0.123. The Morgan fingerprint density at radius 3 is 2.76 bits per heavy atom. The summed E-state index contributed by atoms with van der Waals surface area (Å²) >= 11 is 11.9. The van der Waals surface area contributed by atoms with Gasteiger partial charge in [-0.15, -0.1) is 0 Å². The number of benzene rings is 1. The van der Waals surface area contributed by atoms with E-state index in [2.05, 4.69) is 10.2 Å². The van der Waals surface area contributed by atoms with Crippen molar-refractivity contribution in [2.75, 3.05) is 39.5 Å². The molecule has 1 N–H and O–H groups in total. The molecule has 0 spiro atoms. The van der Waals surface area contributed by atoms with Crippen molar-refractivity contribution in [1.82, 2.24) is 10.2 Å². The van der Waals surface area contributed by atoms with E-state index < -0.39 is 0 Å². The van der Waals surface area contributed by atoms with Crippen LogP contribution in [-0.4, -0.2) is 56.3 Å². The Balaban J connectivity index is 1.34. The molecule has 2 fully saturated rings. The molecular weight excluding hydrogens is 363 g/mol. The molecule has 1 atom stereocenters. The van der Waals surface area contributed by atoms with Crippen molar-refractivity contribution >= 4 is 29.1 Å². The summed E-state index contributed by atoms with van der Waals surface area (Å²) in [5.41, 5.74) is 0. The molecule has 0 aliphatic carbocycles. The van der Waals surface area contributed by atoms with E-state index in [1.807, 2.05) is 0 Å². The van der Waals surface area contributed by atoms with Gasteiger partial charge < -0.3 is 14.8 Å². The standard InChI is InChI=1S/C18H24Cl2N2O3/c19-14-1-2-17(16(20)9-14)25-12-18(23)21-10-13-3-6-22(7-4-13)15-5-8-24-11-15/h1-2,9,13,15H,3-8,10-12H2,(H,21,23)/t15-/m1/s1. The van der Waals surface area contributed by atoms with Crippen molar-refractivity contribution < 1.29 is 14.3 Å². The first-order valence-electron chi connectivity index (χ1n) is 8.78. The Bertz CT molecular complexity index is 586. The SMILES string of the molecule is O=C(COc1ccc(Cl)cc1Cl)NCC1CCN([C@@H]2CCOC2)CC1. The highest BCUT2D eigenvalue weighted by molar-refractivity contribution is 6.35. The lowest BCUT2D eigenvalue weighted by Crippen LogP contribution is -2.44. The predicted molar refractivity (Wildman–Crippen MR) is 98.5 cm³/mol. The number of rotatable bonds is 6. The van der Waals surface area contributed by atoms with Crippen molar-refractivity contribution in [1.29, 1.82) is 0 Å². The number of nitrogens with zero attached hydrogens (tertiary/aromatic N) is 1. The minimum Gasteiger partial charge on any atom is -0.482 e. The summed E-state index contributed by atoms with van der Waals surface area (Å²) < 4.78 is 10.9. The van der Waals surface area contributed by atoms with Gasteiger partial charge in [-0.1, -0.05) is 23.2 Å². The monoisotopic (exact) mass is 386 g/mol. The zero-order valence-corrected chi connectivity index (χ0v) is 15.7. The molecule has 1 aromatic carbocycles. The fourth-order valence-corrected chi connectivity index (χ4v) is 3.84. The Hall–Kier alpha value is -1.01. The number of carbonyl (C=O) groups is 1. The van der Waals surface area contributed by atoms with E-state index >= 15 is 0 Å². The lowest BCUT2D eigenvalue weighted by atomic mass is 9.95. The Morgan fingerprint density at radius 1 is 1.28 bits per heavy atom. The van der Waals surface area contributed by atoms with Crippen LogP contribution in [0.2, 0.25) is 10.0 Å². The fourth-order valence-electron chi connectivity index (χ4n) is 3.38. The van der Waals surface area contributed by atoms with Crippen LogP contribution in [0.4, 0.5) is 0 Å². The summed E-state index contributed by atoms with van der Waals surface area (Å²) in [4.78, 5) is 14.5. The van der Waals surface area contributed by atoms with Crippen molar-refractivity contribution in [2.24, 2.45) is 5.92 Å². The van der Waals surface area contributed by atoms with E-state index in [1.165, 1.54) is 0 Å². The minimum absolute atomic E-state index is 0.0421. The number of halogens is 2. The van der Waals surface area contributed by atoms with Gasteiger partial charge in [-0.05, 0) is 56.5 Å². The molecule has 25 heavy (non-hydrogen) atoms. The molecule has 0 radical (unpaired) electrons. The highest BCUT2D eigenvalue weighted by Gasteiger charge is 2.27. The average Bonchev–Trinajstić information content (AvgIpc) is 3.14. The second-order valence-electron chi connectivity index (χ2n) is 6.66. The van der Waals surface area contributed by atoms with Crippen molar-refractivity contribution in [2.45, 2.75) is 25.3 Å². The van der Waals surface area contributed by atoms with Gasteiger partial charge in [0.15, 0.2) is 6.61 Å². The van der Waals surface area contributed by atoms with Crippen molar-refractivity contribution in [3.63, 3.8) is 0 Å². The minimum atomic E-state index is -0.127. The number of amides is 1. The Morgan fingerprint density at radius 2 is 2.08 bits per heavy atom. The first kappa shape index (κ1) is 18.8. The maximum Gasteiger partial charge on any atom is 0.257 e. The predicted octanol–water partition coefficient (Wildman–Crippen LogP) is 2.99. The van der Waals surface area contributed by atoms with Crippen LogP contribution in [0.1, 0.15) is 19.3 Å². The Labute approximate surface area is 158 Å². The smallest absolute Gasteiger partial charge is 0.257 e. The quantitative estimate of drug-likeness (QED) is 0.816. The molecule has 5 nitrogen and oxygen atoms in total. The molecule has 0 aromatic heterocycles. The van der Waals surface area contributed by atoms with Gasteiger partial charge in [0, 0.05) is 24.2 Å².